The summed E-state index contributed by atoms with van der Waals surface area (Å²) in [5, 5.41) is 0.877. The second kappa shape index (κ2) is 8.76. The van der Waals surface area contributed by atoms with Crippen molar-refractivity contribution in [2.24, 2.45) is 0 Å². The van der Waals surface area contributed by atoms with Crippen molar-refractivity contribution in [2.75, 3.05) is 39.8 Å². The van der Waals surface area contributed by atoms with E-state index in [0.29, 0.717) is 15.6 Å². The molecule has 2 aromatic rings. The number of hydrogen-bond acceptors (Lipinski definition) is 3. The van der Waals surface area contributed by atoms with E-state index in [4.69, 9.17) is 27.9 Å². The van der Waals surface area contributed by atoms with Crippen LogP contribution in [-0.2, 0) is 6.42 Å². The maximum atomic E-state index is 12.6. The van der Waals surface area contributed by atoms with Crippen LogP contribution in [0.5, 0.6) is 5.75 Å². The summed E-state index contributed by atoms with van der Waals surface area (Å²) in [6.45, 7) is 4.19. The maximum absolute atomic E-state index is 12.6. The first-order valence-electron chi connectivity index (χ1n) is 8.66. The fourth-order valence-corrected chi connectivity index (χ4v) is 3.36. The Hall–Kier alpha value is -1.75. The SMILES string of the molecule is COc1ccc(CCN2CCN(C(=O)c3ccc(Cl)c(Cl)c3)CC2)cc1. The van der Waals surface area contributed by atoms with Crippen molar-refractivity contribution in [1.82, 2.24) is 9.80 Å². The number of benzene rings is 2. The Balaban J connectivity index is 1.48. The molecule has 3 rings (SSSR count). The van der Waals surface area contributed by atoms with Crippen LogP contribution in [0.3, 0.4) is 0 Å². The molecule has 0 aromatic heterocycles. The summed E-state index contributed by atoms with van der Waals surface area (Å²) in [4.78, 5) is 16.9. The molecule has 4 nitrogen and oxygen atoms in total. The topological polar surface area (TPSA) is 32.8 Å². The Morgan fingerprint density at radius 2 is 1.69 bits per heavy atom. The summed E-state index contributed by atoms with van der Waals surface area (Å²) < 4.78 is 5.18. The van der Waals surface area contributed by atoms with Gasteiger partial charge in [-0.1, -0.05) is 35.3 Å². The van der Waals surface area contributed by atoms with E-state index in [-0.39, 0.29) is 5.91 Å². The first-order valence-corrected chi connectivity index (χ1v) is 9.42. The Kier molecular flexibility index (Phi) is 6.41. The van der Waals surface area contributed by atoms with E-state index in [1.165, 1.54) is 5.56 Å². The highest BCUT2D eigenvalue weighted by molar-refractivity contribution is 6.42. The Morgan fingerprint density at radius 1 is 1.00 bits per heavy atom. The van der Waals surface area contributed by atoms with E-state index in [9.17, 15) is 4.79 Å². The fourth-order valence-electron chi connectivity index (χ4n) is 3.07. The first-order chi connectivity index (χ1) is 12.6. The Labute approximate surface area is 164 Å². The minimum absolute atomic E-state index is 0.0124. The van der Waals surface area contributed by atoms with E-state index in [1.807, 2.05) is 17.0 Å². The van der Waals surface area contributed by atoms with Gasteiger partial charge in [-0.3, -0.25) is 9.69 Å². The molecule has 6 heteroatoms. The minimum Gasteiger partial charge on any atom is -0.497 e. The lowest BCUT2D eigenvalue weighted by atomic mass is 10.1. The number of rotatable bonds is 5. The summed E-state index contributed by atoms with van der Waals surface area (Å²) in [6, 6.07) is 13.2. The fraction of sp³-hybridized carbons (Fsp3) is 0.350. The van der Waals surface area contributed by atoms with Crippen LogP contribution >= 0.6 is 23.2 Å². The summed E-state index contributed by atoms with van der Waals surface area (Å²) in [5.41, 5.74) is 1.88. The highest BCUT2D eigenvalue weighted by Crippen LogP contribution is 2.23. The van der Waals surface area contributed by atoms with E-state index in [1.54, 1.807) is 25.3 Å². The monoisotopic (exact) mass is 392 g/mol. The van der Waals surface area contributed by atoms with Gasteiger partial charge in [0.2, 0.25) is 0 Å². The molecule has 0 bridgehead atoms. The molecule has 1 amide bonds. The number of methoxy groups -OCH3 is 1. The molecule has 0 radical (unpaired) electrons. The van der Waals surface area contributed by atoms with Crippen LogP contribution in [0.2, 0.25) is 10.0 Å². The quantitative estimate of drug-likeness (QED) is 0.770. The van der Waals surface area contributed by atoms with Crippen LogP contribution < -0.4 is 4.74 Å². The van der Waals surface area contributed by atoms with Crippen LogP contribution in [0.25, 0.3) is 0 Å². The molecule has 0 atom stereocenters. The van der Waals surface area contributed by atoms with Gasteiger partial charge >= 0.3 is 0 Å². The highest BCUT2D eigenvalue weighted by Gasteiger charge is 2.22. The second-order valence-corrected chi connectivity index (χ2v) is 7.18. The third-order valence-corrected chi connectivity index (χ3v) is 5.44. The summed E-state index contributed by atoms with van der Waals surface area (Å²) in [6.07, 6.45) is 0.991. The predicted molar refractivity (Wildman–Crippen MR) is 106 cm³/mol. The molecule has 0 unspecified atom stereocenters. The molecule has 1 saturated heterocycles. The number of carbonyl (C=O) groups is 1. The number of carbonyl (C=O) groups excluding carboxylic acids is 1. The van der Waals surface area contributed by atoms with Gasteiger partial charge in [0.05, 0.1) is 17.2 Å². The van der Waals surface area contributed by atoms with E-state index in [0.717, 1.165) is 44.9 Å². The smallest absolute Gasteiger partial charge is 0.253 e. The van der Waals surface area contributed by atoms with Crippen molar-refractivity contribution in [3.8, 4) is 5.75 Å². The number of amides is 1. The number of piperazine rings is 1. The van der Waals surface area contributed by atoms with E-state index in [2.05, 4.69) is 17.0 Å². The van der Waals surface area contributed by atoms with Gasteiger partial charge in [-0.15, -0.1) is 0 Å². The van der Waals surface area contributed by atoms with Crippen molar-refractivity contribution in [2.45, 2.75) is 6.42 Å². The zero-order valence-electron chi connectivity index (χ0n) is 14.8. The third kappa shape index (κ3) is 4.70. The highest BCUT2D eigenvalue weighted by atomic mass is 35.5. The molecule has 1 aliphatic heterocycles. The van der Waals surface area contributed by atoms with Gasteiger partial charge in [0.25, 0.3) is 5.91 Å². The van der Waals surface area contributed by atoms with Gasteiger partial charge in [-0.2, -0.15) is 0 Å². The van der Waals surface area contributed by atoms with Gasteiger partial charge in [-0.25, -0.2) is 0 Å². The summed E-state index contributed by atoms with van der Waals surface area (Å²) in [5.74, 6) is 0.890. The molecule has 0 aliphatic carbocycles. The van der Waals surface area contributed by atoms with Gasteiger partial charge in [0.15, 0.2) is 0 Å². The van der Waals surface area contributed by atoms with Crippen LogP contribution in [0.1, 0.15) is 15.9 Å². The van der Waals surface area contributed by atoms with Crippen LogP contribution in [0.4, 0.5) is 0 Å². The molecule has 1 aliphatic rings. The molecular weight excluding hydrogens is 371 g/mol. The molecule has 0 N–H and O–H groups in total. The maximum Gasteiger partial charge on any atom is 0.253 e. The molecule has 1 fully saturated rings. The zero-order chi connectivity index (χ0) is 18.5. The second-order valence-electron chi connectivity index (χ2n) is 6.36. The first kappa shape index (κ1) is 19.0. The van der Waals surface area contributed by atoms with Crippen molar-refractivity contribution in [3.63, 3.8) is 0 Å². The number of hydrogen-bond donors (Lipinski definition) is 0. The number of ether oxygens (including phenoxy) is 1. The van der Waals surface area contributed by atoms with Crippen molar-refractivity contribution in [3.05, 3.63) is 63.6 Å². The van der Waals surface area contributed by atoms with E-state index < -0.39 is 0 Å². The Morgan fingerprint density at radius 3 is 2.31 bits per heavy atom. The van der Waals surface area contributed by atoms with E-state index >= 15 is 0 Å². The van der Waals surface area contributed by atoms with Crippen LogP contribution in [0.15, 0.2) is 42.5 Å². The zero-order valence-corrected chi connectivity index (χ0v) is 16.3. The standard InChI is InChI=1S/C20H22Cl2N2O2/c1-26-17-5-2-15(3-6-17)8-9-23-10-12-24(13-11-23)20(25)16-4-7-18(21)19(22)14-16/h2-7,14H,8-13H2,1H3. The predicted octanol–water partition coefficient (Wildman–Crippen LogP) is 4.00. The molecule has 138 valence electrons. The van der Waals surface area contributed by atoms with Crippen molar-refractivity contribution in [1.29, 1.82) is 0 Å². The lowest BCUT2D eigenvalue weighted by Gasteiger charge is -2.34. The normalized spacial score (nSPS) is 15.1. The molecule has 2 aromatic carbocycles. The number of nitrogens with zero attached hydrogens (tertiary/aromatic N) is 2. The van der Waals surface area contributed by atoms with Crippen LogP contribution in [0, 0.1) is 0 Å². The average molecular weight is 393 g/mol. The third-order valence-electron chi connectivity index (χ3n) is 4.70. The van der Waals surface area contributed by atoms with Gasteiger partial charge in [-0.05, 0) is 42.3 Å². The largest absolute Gasteiger partial charge is 0.497 e. The molecular formula is C20H22Cl2N2O2. The summed E-state index contributed by atoms with van der Waals surface area (Å²) in [7, 11) is 1.67. The summed E-state index contributed by atoms with van der Waals surface area (Å²) >= 11 is 11.9. The lowest BCUT2D eigenvalue weighted by molar-refractivity contribution is 0.0638. The molecule has 0 spiro atoms. The van der Waals surface area contributed by atoms with Crippen LogP contribution in [-0.4, -0.2) is 55.5 Å². The van der Waals surface area contributed by atoms with Gasteiger partial charge < -0.3 is 9.64 Å². The molecule has 26 heavy (non-hydrogen) atoms. The number of halogens is 2. The molecule has 1 heterocycles. The average Bonchev–Trinajstić information content (AvgIpc) is 2.69. The Bertz CT molecular complexity index is 757. The lowest BCUT2D eigenvalue weighted by Crippen LogP contribution is -2.49. The molecule has 0 saturated carbocycles. The minimum atomic E-state index is 0.0124. The van der Waals surface area contributed by atoms with Gasteiger partial charge in [0, 0.05) is 38.3 Å². The van der Waals surface area contributed by atoms with Crippen molar-refractivity contribution >= 4 is 29.1 Å². The van der Waals surface area contributed by atoms with Gasteiger partial charge in [0.1, 0.15) is 5.75 Å². The van der Waals surface area contributed by atoms with Crippen molar-refractivity contribution < 1.29 is 9.53 Å².